The molecule has 1 aromatic carbocycles. The number of benzene rings is 1. The van der Waals surface area contributed by atoms with Gasteiger partial charge < -0.3 is 10.6 Å². The first-order valence-electron chi connectivity index (χ1n) is 6.98. The maximum Gasteiger partial charge on any atom is 0.225 e. The van der Waals surface area contributed by atoms with Crippen molar-refractivity contribution >= 4 is 17.7 Å². The highest BCUT2D eigenvalue weighted by molar-refractivity contribution is 7.99. The molecule has 1 aromatic rings. The molecule has 0 aliphatic carbocycles. The van der Waals surface area contributed by atoms with E-state index in [0.717, 1.165) is 25.3 Å². The van der Waals surface area contributed by atoms with Crippen molar-refractivity contribution in [1.29, 1.82) is 0 Å². The molecule has 1 amide bonds. The van der Waals surface area contributed by atoms with Crippen LogP contribution in [-0.4, -0.2) is 24.7 Å². The smallest absolute Gasteiger partial charge is 0.225 e. The van der Waals surface area contributed by atoms with Gasteiger partial charge in [0.25, 0.3) is 0 Å². The summed E-state index contributed by atoms with van der Waals surface area (Å²) in [6.07, 6.45) is 1.03. The third-order valence-electron chi connectivity index (χ3n) is 4.13. The van der Waals surface area contributed by atoms with E-state index in [0.29, 0.717) is 5.92 Å². The van der Waals surface area contributed by atoms with Crippen LogP contribution in [0.3, 0.4) is 0 Å². The molecule has 2 heterocycles. The average Bonchev–Trinajstić information content (AvgIpc) is 2.85. The summed E-state index contributed by atoms with van der Waals surface area (Å²) in [7, 11) is 0. The highest BCUT2D eigenvalue weighted by Gasteiger charge is 2.31. The Morgan fingerprint density at radius 3 is 3.00 bits per heavy atom. The van der Waals surface area contributed by atoms with E-state index in [1.54, 1.807) is 0 Å². The van der Waals surface area contributed by atoms with Crippen molar-refractivity contribution in [3.8, 4) is 0 Å². The van der Waals surface area contributed by atoms with Gasteiger partial charge in [-0.2, -0.15) is 0 Å². The van der Waals surface area contributed by atoms with Gasteiger partial charge in [-0.1, -0.05) is 25.1 Å². The standard InChI is InChI=1S/C15H20N2OS/c1-10-8-16-9-12(10)15(18)17-13-6-7-19-14-5-3-2-4-11(13)14/h2-5,10,12-13,16H,6-9H2,1H3,(H,17,18)/t10-,12-,13?/m1/s1. The predicted molar refractivity (Wildman–Crippen MR) is 78.2 cm³/mol. The number of carbonyl (C=O) groups is 1. The summed E-state index contributed by atoms with van der Waals surface area (Å²) in [6.45, 7) is 3.92. The Morgan fingerprint density at radius 1 is 1.37 bits per heavy atom. The van der Waals surface area contributed by atoms with E-state index in [4.69, 9.17) is 0 Å². The number of fused-ring (bicyclic) bond motifs is 1. The minimum atomic E-state index is 0.127. The first-order valence-corrected chi connectivity index (χ1v) is 7.97. The van der Waals surface area contributed by atoms with E-state index >= 15 is 0 Å². The van der Waals surface area contributed by atoms with E-state index in [1.807, 2.05) is 11.8 Å². The van der Waals surface area contributed by atoms with Crippen molar-refractivity contribution in [3.05, 3.63) is 29.8 Å². The zero-order chi connectivity index (χ0) is 13.2. The fourth-order valence-corrected chi connectivity index (χ4v) is 4.06. The van der Waals surface area contributed by atoms with Crippen molar-refractivity contribution in [1.82, 2.24) is 10.6 Å². The molecule has 0 saturated carbocycles. The largest absolute Gasteiger partial charge is 0.349 e. The van der Waals surface area contributed by atoms with Gasteiger partial charge >= 0.3 is 0 Å². The van der Waals surface area contributed by atoms with Gasteiger partial charge in [0.1, 0.15) is 0 Å². The molecule has 3 atom stereocenters. The Bertz CT molecular complexity index is 477. The highest BCUT2D eigenvalue weighted by Crippen LogP contribution is 2.36. The predicted octanol–water partition coefficient (Wildman–Crippen LogP) is 2.20. The zero-order valence-electron chi connectivity index (χ0n) is 11.2. The molecule has 3 nitrogen and oxygen atoms in total. The lowest BCUT2D eigenvalue weighted by Gasteiger charge is -2.27. The monoisotopic (exact) mass is 276 g/mol. The fourth-order valence-electron chi connectivity index (χ4n) is 2.93. The molecule has 1 unspecified atom stereocenters. The molecule has 19 heavy (non-hydrogen) atoms. The maximum absolute atomic E-state index is 12.4. The van der Waals surface area contributed by atoms with Gasteiger partial charge in [0.15, 0.2) is 0 Å². The number of thioether (sulfide) groups is 1. The Hall–Kier alpha value is -1.00. The van der Waals surface area contributed by atoms with Crippen molar-refractivity contribution in [2.45, 2.75) is 24.3 Å². The number of hydrogen-bond acceptors (Lipinski definition) is 3. The molecule has 2 aliphatic rings. The molecular formula is C15H20N2OS. The van der Waals surface area contributed by atoms with Crippen LogP contribution >= 0.6 is 11.8 Å². The van der Waals surface area contributed by atoms with Crippen LogP contribution in [0.2, 0.25) is 0 Å². The quantitative estimate of drug-likeness (QED) is 0.870. The van der Waals surface area contributed by atoms with Crippen LogP contribution in [0, 0.1) is 11.8 Å². The normalized spacial score (nSPS) is 29.8. The fraction of sp³-hybridized carbons (Fsp3) is 0.533. The molecule has 2 aliphatic heterocycles. The van der Waals surface area contributed by atoms with Crippen LogP contribution in [0.25, 0.3) is 0 Å². The third-order valence-corrected chi connectivity index (χ3v) is 5.25. The highest BCUT2D eigenvalue weighted by atomic mass is 32.2. The van der Waals surface area contributed by atoms with Crippen LogP contribution < -0.4 is 10.6 Å². The van der Waals surface area contributed by atoms with E-state index < -0.39 is 0 Å². The second kappa shape index (κ2) is 5.55. The molecule has 0 bridgehead atoms. The molecule has 2 N–H and O–H groups in total. The molecule has 0 spiro atoms. The number of rotatable bonds is 2. The summed E-state index contributed by atoms with van der Waals surface area (Å²) >= 11 is 1.89. The van der Waals surface area contributed by atoms with E-state index in [9.17, 15) is 4.79 Å². The lowest BCUT2D eigenvalue weighted by molar-refractivity contribution is -0.126. The van der Waals surface area contributed by atoms with Crippen LogP contribution in [-0.2, 0) is 4.79 Å². The first-order chi connectivity index (χ1) is 9.25. The van der Waals surface area contributed by atoms with Crippen molar-refractivity contribution in [3.63, 3.8) is 0 Å². The molecular weight excluding hydrogens is 256 g/mol. The SMILES string of the molecule is C[C@@H]1CNC[C@H]1C(=O)NC1CCSc2ccccc21. The number of amides is 1. The topological polar surface area (TPSA) is 41.1 Å². The maximum atomic E-state index is 12.4. The molecule has 3 rings (SSSR count). The minimum Gasteiger partial charge on any atom is -0.349 e. The summed E-state index contributed by atoms with van der Waals surface area (Å²) < 4.78 is 0. The second-order valence-electron chi connectivity index (χ2n) is 5.48. The molecule has 102 valence electrons. The number of hydrogen-bond donors (Lipinski definition) is 2. The summed E-state index contributed by atoms with van der Waals surface area (Å²) in [5.41, 5.74) is 1.28. The third kappa shape index (κ3) is 2.65. The van der Waals surface area contributed by atoms with Crippen LogP contribution in [0.4, 0.5) is 0 Å². The van der Waals surface area contributed by atoms with Gasteiger partial charge in [-0.25, -0.2) is 0 Å². The van der Waals surface area contributed by atoms with E-state index in [1.165, 1.54) is 10.5 Å². The Kier molecular flexibility index (Phi) is 3.80. The molecule has 0 aromatic heterocycles. The molecule has 1 saturated heterocycles. The van der Waals surface area contributed by atoms with Crippen molar-refractivity contribution in [2.75, 3.05) is 18.8 Å². The van der Waals surface area contributed by atoms with Crippen molar-refractivity contribution < 1.29 is 4.79 Å². The molecule has 1 fully saturated rings. The van der Waals surface area contributed by atoms with E-state index in [-0.39, 0.29) is 17.9 Å². The van der Waals surface area contributed by atoms with Crippen LogP contribution in [0.1, 0.15) is 24.9 Å². The summed E-state index contributed by atoms with van der Waals surface area (Å²) in [6, 6.07) is 8.61. The number of nitrogens with one attached hydrogen (secondary N) is 2. The van der Waals surface area contributed by atoms with Crippen LogP contribution in [0.15, 0.2) is 29.2 Å². The summed E-state index contributed by atoms with van der Waals surface area (Å²) in [4.78, 5) is 13.7. The average molecular weight is 276 g/mol. The summed E-state index contributed by atoms with van der Waals surface area (Å²) in [5, 5.41) is 6.55. The van der Waals surface area contributed by atoms with Crippen LogP contribution in [0.5, 0.6) is 0 Å². The Labute approximate surface area is 118 Å². The lowest BCUT2D eigenvalue weighted by Crippen LogP contribution is -2.37. The lowest BCUT2D eigenvalue weighted by atomic mass is 9.95. The minimum absolute atomic E-state index is 0.127. The first kappa shape index (κ1) is 13.0. The van der Waals surface area contributed by atoms with E-state index in [2.05, 4.69) is 41.8 Å². The van der Waals surface area contributed by atoms with Gasteiger partial charge in [0.05, 0.1) is 12.0 Å². The zero-order valence-corrected chi connectivity index (χ0v) is 12.0. The van der Waals surface area contributed by atoms with Gasteiger partial charge in [-0.15, -0.1) is 11.8 Å². The molecule has 0 radical (unpaired) electrons. The second-order valence-corrected chi connectivity index (χ2v) is 6.61. The number of carbonyl (C=O) groups excluding carboxylic acids is 1. The Balaban J connectivity index is 1.72. The van der Waals surface area contributed by atoms with Crippen molar-refractivity contribution in [2.24, 2.45) is 11.8 Å². The van der Waals surface area contributed by atoms with Gasteiger partial charge in [0, 0.05) is 17.2 Å². The van der Waals surface area contributed by atoms with Gasteiger partial charge in [-0.3, -0.25) is 4.79 Å². The Morgan fingerprint density at radius 2 is 2.21 bits per heavy atom. The van der Waals surface area contributed by atoms with Gasteiger partial charge in [0.2, 0.25) is 5.91 Å². The molecule has 4 heteroatoms. The van der Waals surface area contributed by atoms with Gasteiger partial charge in [-0.05, 0) is 30.5 Å². The summed E-state index contributed by atoms with van der Waals surface area (Å²) in [5.74, 6) is 1.86.